The number of aromatic nitrogens is 1. The van der Waals surface area contributed by atoms with Crippen molar-refractivity contribution in [3.63, 3.8) is 0 Å². The molecule has 0 unspecified atom stereocenters. The molecule has 0 saturated heterocycles. The molecule has 0 saturated carbocycles. The molecule has 2 aromatic rings. The van der Waals surface area contributed by atoms with Crippen molar-refractivity contribution in [2.45, 2.75) is 19.9 Å². The van der Waals surface area contributed by atoms with Crippen LogP contribution < -0.4 is 15.2 Å². The summed E-state index contributed by atoms with van der Waals surface area (Å²) in [6.07, 6.45) is 0.734. The van der Waals surface area contributed by atoms with Crippen molar-refractivity contribution in [2.75, 3.05) is 11.3 Å². The van der Waals surface area contributed by atoms with Crippen LogP contribution in [0.4, 0.5) is 5.13 Å². The van der Waals surface area contributed by atoms with Gasteiger partial charge in [-0.1, -0.05) is 31.2 Å². The SMILES string of the molecule is CCCNS(=O)(=O)Nc1nc(-c2ccc(CN)cc2)cs1. The second-order valence-corrected chi connectivity index (χ2v) is 6.80. The van der Waals surface area contributed by atoms with Gasteiger partial charge >= 0.3 is 10.2 Å². The molecule has 0 amide bonds. The molecule has 21 heavy (non-hydrogen) atoms. The Hall–Kier alpha value is -1.48. The van der Waals surface area contributed by atoms with Crippen LogP contribution in [0.25, 0.3) is 11.3 Å². The monoisotopic (exact) mass is 326 g/mol. The van der Waals surface area contributed by atoms with Gasteiger partial charge in [0.25, 0.3) is 0 Å². The van der Waals surface area contributed by atoms with Gasteiger partial charge in [0, 0.05) is 24.0 Å². The van der Waals surface area contributed by atoms with Gasteiger partial charge in [0.1, 0.15) is 0 Å². The van der Waals surface area contributed by atoms with Crippen LogP contribution in [0, 0.1) is 0 Å². The molecular weight excluding hydrogens is 308 g/mol. The van der Waals surface area contributed by atoms with Crippen molar-refractivity contribution in [2.24, 2.45) is 5.73 Å². The summed E-state index contributed by atoms with van der Waals surface area (Å²) in [6.45, 7) is 2.79. The number of hydrogen-bond acceptors (Lipinski definition) is 5. The minimum absolute atomic E-state index is 0.344. The first kappa shape index (κ1) is 15.9. The molecule has 0 spiro atoms. The lowest BCUT2D eigenvalue weighted by Crippen LogP contribution is -2.30. The van der Waals surface area contributed by atoms with Crippen LogP contribution >= 0.6 is 11.3 Å². The fraction of sp³-hybridized carbons (Fsp3) is 0.308. The van der Waals surface area contributed by atoms with E-state index < -0.39 is 10.2 Å². The van der Waals surface area contributed by atoms with Crippen LogP contribution in [-0.4, -0.2) is 19.9 Å². The molecule has 0 radical (unpaired) electrons. The molecule has 6 nitrogen and oxygen atoms in total. The Morgan fingerprint density at radius 1 is 1.29 bits per heavy atom. The molecule has 0 aliphatic rings. The van der Waals surface area contributed by atoms with Crippen LogP contribution in [0.1, 0.15) is 18.9 Å². The Morgan fingerprint density at radius 3 is 2.62 bits per heavy atom. The summed E-state index contributed by atoms with van der Waals surface area (Å²) in [6, 6.07) is 7.71. The number of nitrogens with zero attached hydrogens (tertiary/aromatic N) is 1. The Balaban J connectivity index is 2.10. The molecule has 0 bridgehead atoms. The van der Waals surface area contributed by atoms with Crippen LogP contribution in [0.2, 0.25) is 0 Å². The molecular formula is C13H18N4O2S2. The van der Waals surface area contributed by atoms with E-state index in [9.17, 15) is 8.42 Å². The van der Waals surface area contributed by atoms with Gasteiger partial charge in [-0.3, -0.25) is 0 Å². The maximum absolute atomic E-state index is 11.7. The third-order valence-corrected chi connectivity index (χ3v) is 4.69. The molecule has 8 heteroatoms. The number of anilines is 1. The summed E-state index contributed by atoms with van der Waals surface area (Å²) < 4.78 is 28.3. The van der Waals surface area contributed by atoms with E-state index in [0.29, 0.717) is 18.2 Å². The third kappa shape index (κ3) is 4.50. The molecule has 2 rings (SSSR count). The van der Waals surface area contributed by atoms with E-state index >= 15 is 0 Å². The highest BCUT2D eigenvalue weighted by Gasteiger charge is 2.12. The van der Waals surface area contributed by atoms with Crippen molar-refractivity contribution >= 4 is 26.7 Å². The topological polar surface area (TPSA) is 97.1 Å². The molecule has 1 heterocycles. The van der Waals surface area contributed by atoms with Gasteiger partial charge in [0.2, 0.25) is 0 Å². The molecule has 0 aliphatic carbocycles. The minimum atomic E-state index is -3.54. The Morgan fingerprint density at radius 2 is 2.00 bits per heavy atom. The zero-order valence-corrected chi connectivity index (χ0v) is 13.3. The molecule has 4 N–H and O–H groups in total. The third-order valence-electron chi connectivity index (χ3n) is 2.75. The zero-order chi connectivity index (χ0) is 15.3. The van der Waals surface area contributed by atoms with Gasteiger partial charge in [-0.2, -0.15) is 13.1 Å². The molecule has 0 fully saturated rings. The predicted octanol–water partition coefficient (Wildman–Crippen LogP) is 1.93. The van der Waals surface area contributed by atoms with Crippen molar-refractivity contribution in [3.8, 4) is 11.3 Å². The Kier molecular flexibility index (Phi) is 5.29. The van der Waals surface area contributed by atoms with E-state index in [4.69, 9.17) is 5.73 Å². The van der Waals surface area contributed by atoms with Gasteiger partial charge in [-0.05, 0) is 12.0 Å². The van der Waals surface area contributed by atoms with E-state index in [-0.39, 0.29) is 0 Å². The summed E-state index contributed by atoms with van der Waals surface area (Å²) in [5.74, 6) is 0. The van der Waals surface area contributed by atoms with E-state index in [1.165, 1.54) is 11.3 Å². The van der Waals surface area contributed by atoms with Crippen molar-refractivity contribution in [3.05, 3.63) is 35.2 Å². The first-order chi connectivity index (χ1) is 10.0. The molecule has 0 aliphatic heterocycles. The molecule has 0 atom stereocenters. The quantitative estimate of drug-likeness (QED) is 0.724. The average Bonchev–Trinajstić information content (AvgIpc) is 2.93. The van der Waals surface area contributed by atoms with E-state index in [0.717, 1.165) is 23.2 Å². The van der Waals surface area contributed by atoms with Crippen LogP contribution in [-0.2, 0) is 16.8 Å². The largest absolute Gasteiger partial charge is 0.326 e. The standard InChI is InChI=1S/C13H18N4O2S2/c1-2-7-15-21(18,19)17-13-16-12(9-20-13)11-5-3-10(8-14)4-6-11/h3-6,9,15H,2,7-8,14H2,1H3,(H,16,17). The van der Waals surface area contributed by atoms with Gasteiger partial charge in [0.15, 0.2) is 5.13 Å². The highest BCUT2D eigenvalue weighted by atomic mass is 32.2. The van der Waals surface area contributed by atoms with Gasteiger partial charge < -0.3 is 5.73 Å². The number of thiazole rings is 1. The summed E-state index contributed by atoms with van der Waals surface area (Å²) in [5, 5.41) is 2.16. The predicted molar refractivity (Wildman–Crippen MR) is 86.3 cm³/mol. The molecule has 1 aromatic heterocycles. The first-order valence-electron chi connectivity index (χ1n) is 6.56. The zero-order valence-electron chi connectivity index (χ0n) is 11.7. The summed E-state index contributed by atoms with van der Waals surface area (Å²) >= 11 is 1.25. The lowest BCUT2D eigenvalue weighted by Gasteiger charge is -2.05. The summed E-state index contributed by atoms with van der Waals surface area (Å²) in [7, 11) is -3.54. The van der Waals surface area contributed by atoms with Gasteiger partial charge in [-0.15, -0.1) is 11.3 Å². The number of nitrogens with one attached hydrogen (secondary N) is 2. The fourth-order valence-corrected chi connectivity index (χ4v) is 3.56. The van der Waals surface area contributed by atoms with Crippen molar-refractivity contribution < 1.29 is 8.42 Å². The number of benzene rings is 1. The maximum Gasteiger partial charge on any atom is 0.300 e. The van der Waals surface area contributed by atoms with Crippen molar-refractivity contribution in [1.29, 1.82) is 0 Å². The average molecular weight is 326 g/mol. The van der Waals surface area contributed by atoms with Crippen LogP contribution in [0.15, 0.2) is 29.6 Å². The van der Waals surface area contributed by atoms with E-state index in [2.05, 4.69) is 14.4 Å². The molecule has 1 aromatic carbocycles. The van der Waals surface area contributed by atoms with Gasteiger partial charge in [-0.25, -0.2) is 9.71 Å². The summed E-state index contributed by atoms with van der Waals surface area (Å²) in [4.78, 5) is 4.29. The summed E-state index contributed by atoms with van der Waals surface area (Å²) in [5.41, 5.74) is 8.25. The van der Waals surface area contributed by atoms with Crippen molar-refractivity contribution in [1.82, 2.24) is 9.71 Å². The second-order valence-electron chi connectivity index (χ2n) is 4.44. The normalized spacial score (nSPS) is 11.5. The maximum atomic E-state index is 11.7. The second kappa shape index (κ2) is 6.99. The smallest absolute Gasteiger partial charge is 0.300 e. The Labute approximate surface area is 128 Å². The molecule has 114 valence electrons. The van der Waals surface area contributed by atoms with Gasteiger partial charge in [0.05, 0.1) is 5.69 Å². The fourth-order valence-electron chi connectivity index (χ4n) is 1.65. The highest BCUT2D eigenvalue weighted by molar-refractivity contribution is 7.91. The lowest BCUT2D eigenvalue weighted by atomic mass is 10.1. The minimum Gasteiger partial charge on any atom is -0.326 e. The van der Waals surface area contributed by atoms with E-state index in [1.54, 1.807) is 0 Å². The lowest BCUT2D eigenvalue weighted by molar-refractivity contribution is 0.586. The number of rotatable bonds is 7. The van der Waals surface area contributed by atoms with E-state index in [1.807, 2.05) is 36.6 Å². The highest BCUT2D eigenvalue weighted by Crippen LogP contribution is 2.25. The first-order valence-corrected chi connectivity index (χ1v) is 8.92. The number of hydrogen-bond donors (Lipinski definition) is 3. The number of nitrogens with two attached hydrogens (primary N) is 1. The van der Waals surface area contributed by atoms with Crippen LogP contribution in [0.3, 0.4) is 0 Å². The Bertz CT molecular complexity index is 680. The van der Waals surface area contributed by atoms with Crippen LogP contribution in [0.5, 0.6) is 0 Å².